The molecule has 33 heavy (non-hydrogen) atoms. The first kappa shape index (κ1) is 22.9. The number of nitrogens with zero attached hydrogens (tertiary/aromatic N) is 3. The van der Waals surface area contributed by atoms with Gasteiger partial charge in [-0.15, -0.1) is 0 Å². The van der Waals surface area contributed by atoms with Crippen molar-refractivity contribution in [2.75, 3.05) is 38.2 Å². The van der Waals surface area contributed by atoms with E-state index < -0.39 is 6.04 Å². The second kappa shape index (κ2) is 9.67. The number of benzene rings is 2. The van der Waals surface area contributed by atoms with Crippen LogP contribution in [0, 0.1) is 12.7 Å². The molecule has 1 unspecified atom stereocenters. The van der Waals surface area contributed by atoms with Crippen molar-refractivity contribution < 1.29 is 14.2 Å². The Kier molecular flexibility index (Phi) is 6.70. The van der Waals surface area contributed by atoms with E-state index in [1.165, 1.54) is 12.1 Å². The molecule has 4 rings (SSSR count). The van der Waals surface area contributed by atoms with E-state index in [0.29, 0.717) is 25.2 Å². The van der Waals surface area contributed by atoms with Crippen LogP contribution in [0.25, 0.3) is 0 Å². The molecule has 0 aliphatic carbocycles. The lowest BCUT2D eigenvalue weighted by atomic mass is 9.95. The van der Waals surface area contributed by atoms with Crippen molar-refractivity contribution in [2.45, 2.75) is 26.4 Å². The summed E-state index contributed by atoms with van der Waals surface area (Å²) in [5.74, 6) is 0.501. The number of ether oxygens (including phenoxy) is 1. The third-order valence-electron chi connectivity index (χ3n) is 6.42. The highest BCUT2D eigenvalue weighted by Crippen LogP contribution is 2.34. The van der Waals surface area contributed by atoms with E-state index >= 15 is 0 Å². The quantitative estimate of drug-likeness (QED) is 0.615. The number of methoxy groups -OCH3 is 1. The Hall–Kier alpha value is -3.32. The van der Waals surface area contributed by atoms with Gasteiger partial charge in [-0.05, 0) is 61.9 Å². The van der Waals surface area contributed by atoms with Gasteiger partial charge in [0.25, 0.3) is 5.56 Å². The molecule has 2 aromatic carbocycles. The highest BCUT2D eigenvalue weighted by molar-refractivity contribution is 5.47. The monoisotopic (exact) mass is 451 g/mol. The summed E-state index contributed by atoms with van der Waals surface area (Å²) in [4.78, 5) is 17.9. The molecule has 1 aromatic heterocycles. The van der Waals surface area contributed by atoms with E-state index in [-0.39, 0.29) is 17.1 Å². The fourth-order valence-electron chi connectivity index (χ4n) is 4.66. The molecule has 0 spiro atoms. The fourth-order valence-corrected chi connectivity index (χ4v) is 4.66. The predicted octanol–water partition coefficient (Wildman–Crippen LogP) is 3.94. The minimum absolute atomic E-state index is 0.0176. The predicted molar refractivity (Wildman–Crippen MR) is 128 cm³/mol. The molecule has 1 atom stereocenters. The van der Waals surface area contributed by atoms with Crippen molar-refractivity contribution in [3.63, 3.8) is 0 Å². The molecular weight excluding hydrogens is 421 g/mol. The van der Waals surface area contributed by atoms with Crippen LogP contribution in [0.1, 0.15) is 29.8 Å². The molecule has 1 saturated heterocycles. The zero-order chi connectivity index (χ0) is 23.5. The van der Waals surface area contributed by atoms with Gasteiger partial charge in [0.05, 0.1) is 18.7 Å². The van der Waals surface area contributed by atoms with Gasteiger partial charge >= 0.3 is 0 Å². The second-order valence-corrected chi connectivity index (χ2v) is 8.31. The highest BCUT2D eigenvalue weighted by atomic mass is 19.1. The first-order valence-electron chi connectivity index (χ1n) is 11.2. The largest absolute Gasteiger partial charge is 0.507 e. The van der Waals surface area contributed by atoms with E-state index in [0.717, 1.165) is 35.8 Å². The van der Waals surface area contributed by atoms with Crippen LogP contribution < -0.4 is 15.2 Å². The first-order valence-corrected chi connectivity index (χ1v) is 11.2. The van der Waals surface area contributed by atoms with Crippen molar-refractivity contribution in [1.29, 1.82) is 0 Å². The van der Waals surface area contributed by atoms with Crippen molar-refractivity contribution >= 4 is 5.69 Å². The van der Waals surface area contributed by atoms with E-state index in [1.54, 1.807) is 29.9 Å². The van der Waals surface area contributed by atoms with Gasteiger partial charge in [-0.3, -0.25) is 9.69 Å². The van der Waals surface area contributed by atoms with Gasteiger partial charge in [0.1, 0.15) is 17.3 Å². The van der Waals surface area contributed by atoms with Crippen LogP contribution in [0.4, 0.5) is 10.1 Å². The molecule has 0 saturated carbocycles. The number of piperazine rings is 1. The lowest BCUT2D eigenvalue weighted by Gasteiger charge is -2.40. The topological polar surface area (TPSA) is 57.9 Å². The number of hydrogen-bond donors (Lipinski definition) is 1. The molecule has 174 valence electrons. The Balaban J connectivity index is 1.70. The van der Waals surface area contributed by atoms with Crippen LogP contribution in [-0.4, -0.2) is 47.9 Å². The summed E-state index contributed by atoms with van der Waals surface area (Å²) < 4.78 is 20.3. The van der Waals surface area contributed by atoms with Crippen LogP contribution in [0.3, 0.4) is 0 Å². The molecule has 1 aliphatic rings. The van der Waals surface area contributed by atoms with E-state index in [4.69, 9.17) is 4.74 Å². The average molecular weight is 452 g/mol. The fraction of sp³-hybridized carbons (Fsp3) is 0.346. The van der Waals surface area contributed by atoms with Crippen LogP contribution in [0.15, 0.2) is 59.4 Å². The van der Waals surface area contributed by atoms with Gasteiger partial charge in [-0.1, -0.05) is 12.1 Å². The van der Waals surface area contributed by atoms with Crippen molar-refractivity contribution in [2.24, 2.45) is 0 Å². The number of pyridine rings is 1. The van der Waals surface area contributed by atoms with Crippen LogP contribution in [0.5, 0.6) is 11.5 Å². The van der Waals surface area contributed by atoms with Gasteiger partial charge < -0.3 is 19.3 Å². The maximum Gasteiger partial charge on any atom is 0.259 e. The SMILES string of the molecule is CCn1c(C)cc(O)c(C(c2ccc(OC)cc2)N2CCN(c3ccc(F)cc3)CC2)c1=O. The Morgan fingerprint density at radius 3 is 2.24 bits per heavy atom. The standard InChI is InChI=1S/C26H30FN3O3/c1-4-30-18(2)17-23(31)24(26(30)32)25(19-5-11-22(33-3)12-6-19)29-15-13-28(14-16-29)21-9-7-20(27)8-10-21/h5-12,17,25,31H,4,13-16H2,1-3H3. The molecule has 0 radical (unpaired) electrons. The minimum atomic E-state index is -0.392. The maximum absolute atomic E-state index is 13.4. The molecule has 7 heteroatoms. The minimum Gasteiger partial charge on any atom is -0.507 e. The number of aromatic hydroxyl groups is 1. The lowest BCUT2D eigenvalue weighted by molar-refractivity contribution is 0.207. The van der Waals surface area contributed by atoms with Crippen LogP contribution >= 0.6 is 0 Å². The van der Waals surface area contributed by atoms with Crippen molar-refractivity contribution in [1.82, 2.24) is 9.47 Å². The van der Waals surface area contributed by atoms with Gasteiger partial charge in [0, 0.05) is 44.1 Å². The van der Waals surface area contributed by atoms with Gasteiger partial charge in [-0.25, -0.2) is 4.39 Å². The number of hydrogen-bond acceptors (Lipinski definition) is 5. The number of aryl methyl sites for hydroxylation is 1. The first-order chi connectivity index (χ1) is 15.9. The summed E-state index contributed by atoms with van der Waals surface area (Å²) in [6.07, 6.45) is 0. The summed E-state index contributed by atoms with van der Waals surface area (Å²) in [6, 6.07) is 15.5. The molecule has 6 nitrogen and oxygen atoms in total. The molecule has 1 aliphatic heterocycles. The van der Waals surface area contributed by atoms with Gasteiger partial charge in [0.15, 0.2) is 0 Å². The summed E-state index contributed by atoms with van der Waals surface area (Å²) in [5, 5.41) is 10.9. The Morgan fingerprint density at radius 1 is 1.03 bits per heavy atom. The van der Waals surface area contributed by atoms with E-state index in [1.807, 2.05) is 38.1 Å². The molecule has 0 bridgehead atoms. The van der Waals surface area contributed by atoms with Crippen molar-refractivity contribution in [3.8, 4) is 11.5 Å². The molecular formula is C26H30FN3O3. The molecule has 2 heterocycles. The Morgan fingerprint density at radius 2 is 1.67 bits per heavy atom. The third-order valence-corrected chi connectivity index (χ3v) is 6.42. The maximum atomic E-state index is 13.4. The van der Waals surface area contributed by atoms with Crippen LogP contribution in [0.2, 0.25) is 0 Å². The number of anilines is 1. The second-order valence-electron chi connectivity index (χ2n) is 8.31. The molecule has 1 N–H and O–H groups in total. The Labute approximate surface area is 193 Å². The number of aromatic nitrogens is 1. The third kappa shape index (κ3) is 4.59. The summed E-state index contributed by atoms with van der Waals surface area (Å²) >= 11 is 0. The molecule has 0 amide bonds. The van der Waals surface area contributed by atoms with E-state index in [2.05, 4.69) is 9.80 Å². The van der Waals surface area contributed by atoms with Gasteiger partial charge in [0.2, 0.25) is 0 Å². The summed E-state index contributed by atoms with van der Waals surface area (Å²) in [6.45, 7) is 7.13. The average Bonchev–Trinajstić information content (AvgIpc) is 2.83. The smallest absolute Gasteiger partial charge is 0.259 e. The summed E-state index contributed by atoms with van der Waals surface area (Å²) in [5.41, 5.74) is 2.85. The number of rotatable bonds is 6. The lowest BCUT2D eigenvalue weighted by Crippen LogP contribution is -2.49. The van der Waals surface area contributed by atoms with Crippen LogP contribution in [-0.2, 0) is 6.54 Å². The number of halogens is 1. The van der Waals surface area contributed by atoms with E-state index in [9.17, 15) is 14.3 Å². The zero-order valence-corrected chi connectivity index (χ0v) is 19.3. The van der Waals surface area contributed by atoms with Gasteiger partial charge in [-0.2, -0.15) is 0 Å². The van der Waals surface area contributed by atoms with Crippen molar-refractivity contribution in [3.05, 3.63) is 87.6 Å². The zero-order valence-electron chi connectivity index (χ0n) is 19.3. The molecule has 1 fully saturated rings. The summed E-state index contributed by atoms with van der Waals surface area (Å²) in [7, 11) is 1.62. The highest BCUT2D eigenvalue weighted by Gasteiger charge is 2.31. The normalized spacial score (nSPS) is 15.5. The Bertz CT molecular complexity index is 1150. The molecule has 3 aromatic rings.